The Hall–Kier alpha value is -3.16. The summed E-state index contributed by atoms with van der Waals surface area (Å²) >= 11 is 0. The van der Waals surface area contributed by atoms with Crippen LogP contribution < -0.4 is 4.90 Å². The van der Waals surface area contributed by atoms with Crippen LogP contribution in [0.25, 0.3) is 0 Å². The number of hydrogen-bond donors (Lipinski definition) is 0. The lowest BCUT2D eigenvalue weighted by Crippen LogP contribution is -2.31. The van der Waals surface area contributed by atoms with E-state index >= 15 is 0 Å². The van der Waals surface area contributed by atoms with Crippen LogP contribution in [0.5, 0.6) is 0 Å². The lowest BCUT2D eigenvalue weighted by Gasteiger charge is -2.23. The number of rotatable bonds is 4. The van der Waals surface area contributed by atoms with E-state index < -0.39 is 17.7 Å². The van der Waals surface area contributed by atoms with E-state index in [0.29, 0.717) is 16.9 Å². The molecule has 3 rings (SSSR count). The Labute approximate surface area is 152 Å². The Morgan fingerprint density at radius 3 is 2.33 bits per heavy atom. The Morgan fingerprint density at radius 1 is 1.11 bits per heavy atom. The summed E-state index contributed by atoms with van der Waals surface area (Å²) in [5.41, 5.74) is 0.213. The van der Waals surface area contributed by atoms with Crippen LogP contribution in [0, 0.1) is 5.82 Å². The van der Waals surface area contributed by atoms with Gasteiger partial charge in [0, 0.05) is 25.1 Å². The normalized spacial score (nSPS) is 11.4. The third kappa shape index (κ3) is 4.16. The van der Waals surface area contributed by atoms with E-state index in [1.54, 1.807) is 29.9 Å². The van der Waals surface area contributed by atoms with Gasteiger partial charge in [0.15, 0.2) is 0 Å². The number of benzene rings is 1. The molecule has 0 spiro atoms. The first-order chi connectivity index (χ1) is 12.8. The number of amides is 1. The number of aromatic nitrogens is 2. The molecule has 8 heteroatoms. The second-order valence-electron chi connectivity index (χ2n) is 5.92. The van der Waals surface area contributed by atoms with Crippen LogP contribution >= 0.6 is 0 Å². The molecule has 0 atom stereocenters. The van der Waals surface area contributed by atoms with Crippen LogP contribution in [0.3, 0.4) is 0 Å². The van der Waals surface area contributed by atoms with Crippen molar-refractivity contribution in [3.05, 3.63) is 83.7 Å². The zero-order valence-corrected chi connectivity index (χ0v) is 14.2. The molecule has 2 heterocycles. The molecule has 0 aliphatic heterocycles. The van der Waals surface area contributed by atoms with Gasteiger partial charge in [-0.3, -0.25) is 9.78 Å². The summed E-state index contributed by atoms with van der Waals surface area (Å²) in [5, 5.41) is 0. The lowest BCUT2D eigenvalue weighted by atomic mass is 10.2. The molecule has 27 heavy (non-hydrogen) atoms. The van der Waals surface area contributed by atoms with E-state index in [0.717, 1.165) is 12.3 Å². The Bertz CT molecular complexity index is 931. The molecular weight excluding hydrogens is 362 g/mol. The minimum atomic E-state index is -4.53. The standard InChI is InChI=1S/C19H15F4N3O/c1-25-10-2-3-16(25)18(27)26(15-7-5-14(20)6-8-15)12-13-4-9-17(24-11-13)19(21,22)23/h2-11H,12H2,1H3. The molecule has 3 aromatic rings. The zero-order valence-electron chi connectivity index (χ0n) is 14.2. The summed E-state index contributed by atoms with van der Waals surface area (Å²) in [4.78, 5) is 17.7. The van der Waals surface area contributed by atoms with Gasteiger partial charge in [0.05, 0.1) is 6.54 Å². The van der Waals surface area contributed by atoms with Crippen molar-refractivity contribution in [2.75, 3.05) is 4.90 Å². The van der Waals surface area contributed by atoms with Crippen LogP contribution in [0.2, 0.25) is 0 Å². The first-order valence-electron chi connectivity index (χ1n) is 7.96. The van der Waals surface area contributed by atoms with Crippen molar-refractivity contribution in [1.82, 2.24) is 9.55 Å². The topological polar surface area (TPSA) is 38.1 Å². The maximum absolute atomic E-state index is 13.2. The average Bonchev–Trinajstić information content (AvgIpc) is 3.06. The van der Waals surface area contributed by atoms with Crippen molar-refractivity contribution >= 4 is 11.6 Å². The second kappa shape index (κ2) is 7.22. The molecule has 0 bridgehead atoms. The highest BCUT2D eigenvalue weighted by Gasteiger charge is 2.32. The van der Waals surface area contributed by atoms with Crippen molar-refractivity contribution in [3.8, 4) is 0 Å². The van der Waals surface area contributed by atoms with Gasteiger partial charge < -0.3 is 9.47 Å². The number of hydrogen-bond acceptors (Lipinski definition) is 2. The number of alkyl halides is 3. The molecule has 2 aromatic heterocycles. The van der Waals surface area contributed by atoms with Gasteiger partial charge in [0.2, 0.25) is 0 Å². The first-order valence-corrected chi connectivity index (χ1v) is 7.96. The summed E-state index contributed by atoms with van der Waals surface area (Å²) in [6, 6.07) is 10.8. The third-order valence-electron chi connectivity index (χ3n) is 4.00. The minimum Gasteiger partial charge on any atom is -0.347 e. The van der Waals surface area contributed by atoms with Crippen molar-refractivity contribution < 1.29 is 22.4 Å². The molecule has 1 aromatic carbocycles. The van der Waals surface area contributed by atoms with Gasteiger partial charge in [-0.15, -0.1) is 0 Å². The molecule has 140 valence electrons. The lowest BCUT2D eigenvalue weighted by molar-refractivity contribution is -0.141. The highest BCUT2D eigenvalue weighted by molar-refractivity contribution is 6.05. The number of halogens is 4. The molecule has 0 fully saturated rings. The fourth-order valence-electron chi connectivity index (χ4n) is 2.59. The van der Waals surface area contributed by atoms with Gasteiger partial charge in [-0.25, -0.2) is 4.39 Å². The van der Waals surface area contributed by atoms with Gasteiger partial charge >= 0.3 is 6.18 Å². The van der Waals surface area contributed by atoms with E-state index in [-0.39, 0.29) is 12.5 Å². The molecule has 0 saturated heterocycles. The highest BCUT2D eigenvalue weighted by atomic mass is 19.4. The van der Waals surface area contributed by atoms with Crippen LogP contribution in [-0.4, -0.2) is 15.5 Å². The van der Waals surface area contributed by atoms with Gasteiger partial charge in [-0.2, -0.15) is 13.2 Å². The smallest absolute Gasteiger partial charge is 0.347 e. The summed E-state index contributed by atoms with van der Waals surface area (Å²) in [5.74, 6) is -0.824. The van der Waals surface area contributed by atoms with E-state index in [4.69, 9.17) is 0 Å². The summed E-state index contributed by atoms with van der Waals surface area (Å²) < 4.78 is 52.9. The van der Waals surface area contributed by atoms with Crippen molar-refractivity contribution in [3.63, 3.8) is 0 Å². The number of nitrogens with zero attached hydrogens (tertiary/aromatic N) is 3. The highest BCUT2D eigenvalue weighted by Crippen LogP contribution is 2.28. The number of pyridine rings is 1. The molecule has 1 amide bonds. The van der Waals surface area contributed by atoms with Crippen LogP contribution in [-0.2, 0) is 19.8 Å². The van der Waals surface area contributed by atoms with Crippen molar-refractivity contribution in [1.29, 1.82) is 0 Å². The van der Waals surface area contributed by atoms with Crippen LogP contribution in [0.1, 0.15) is 21.7 Å². The largest absolute Gasteiger partial charge is 0.433 e. The van der Waals surface area contributed by atoms with Crippen molar-refractivity contribution in [2.24, 2.45) is 7.05 Å². The number of carbonyl (C=O) groups is 1. The first kappa shape index (κ1) is 18.6. The molecule has 0 unspecified atom stereocenters. The average molecular weight is 377 g/mol. The Kier molecular flexibility index (Phi) is 4.98. The fraction of sp³-hybridized carbons (Fsp3) is 0.158. The molecule has 0 N–H and O–H groups in total. The van der Waals surface area contributed by atoms with Gasteiger partial charge in [-0.1, -0.05) is 6.07 Å². The molecule has 4 nitrogen and oxygen atoms in total. The van der Waals surface area contributed by atoms with Crippen molar-refractivity contribution in [2.45, 2.75) is 12.7 Å². The summed E-state index contributed by atoms with van der Waals surface area (Å²) in [6.45, 7) is -0.0131. The molecule has 0 aliphatic rings. The van der Waals surface area contributed by atoms with Gasteiger partial charge in [0.1, 0.15) is 17.2 Å². The fourth-order valence-corrected chi connectivity index (χ4v) is 2.59. The molecule has 0 aliphatic carbocycles. The predicted molar refractivity (Wildman–Crippen MR) is 91.6 cm³/mol. The summed E-state index contributed by atoms with van der Waals surface area (Å²) in [6.07, 6.45) is -1.75. The van der Waals surface area contributed by atoms with E-state index in [1.165, 1.54) is 35.2 Å². The third-order valence-corrected chi connectivity index (χ3v) is 4.00. The van der Waals surface area contributed by atoms with E-state index in [1.807, 2.05) is 0 Å². The second-order valence-corrected chi connectivity index (χ2v) is 5.92. The number of anilines is 1. The maximum Gasteiger partial charge on any atom is 0.433 e. The zero-order chi connectivity index (χ0) is 19.6. The minimum absolute atomic E-state index is 0.0131. The molecule has 0 saturated carbocycles. The molecule has 0 radical (unpaired) electrons. The number of carbonyl (C=O) groups excluding carboxylic acids is 1. The maximum atomic E-state index is 13.2. The van der Waals surface area contributed by atoms with Crippen LogP contribution in [0.15, 0.2) is 60.9 Å². The quantitative estimate of drug-likeness (QED) is 0.631. The van der Waals surface area contributed by atoms with E-state index in [2.05, 4.69) is 4.98 Å². The summed E-state index contributed by atoms with van der Waals surface area (Å²) in [7, 11) is 1.70. The SMILES string of the molecule is Cn1cccc1C(=O)N(Cc1ccc(C(F)(F)F)nc1)c1ccc(F)cc1. The Balaban J connectivity index is 1.94. The van der Waals surface area contributed by atoms with Gasteiger partial charge in [-0.05, 0) is 48.0 Å². The van der Waals surface area contributed by atoms with Crippen LogP contribution in [0.4, 0.5) is 23.2 Å². The predicted octanol–water partition coefficient (Wildman–Crippen LogP) is 4.43. The Morgan fingerprint density at radius 2 is 1.81 bits per heavy atom. The van der Waals surface area contributed by atoms with Gasteiger partial charge in [0.25, 0.3) is 5.91 Å². The monoisotopic (exact) mass is 377 g/mol. The van der Waals surface area contributed by atoms with E-state index in [9.17, 15) is 22.4 Å². The molecular formula is C19H15F4N3O. The number of aryl methyl sites for hydroxylation is 1.